The molecule has 0 heterocycles. The highest BCUT2D eigenvalue weighted by Crippen LogP contribution is 2.26. The highest BCUT2D eigenvalue weighted by molar-refractivity contribution is 4.94. The van der Waals surface area contributed by atoms with Crippen molar-refractivity contribution in [3.05, 3.63) is 72.9 Å². The van der Waals surface area contributed by atoms with Gasteiger partial charge in [-0.05, 0) is 121 Å². The highest BCUT2D eigenvalue weighted by Gasteiger charge is 2.18. The van der Waals surface area contributed by atoms with Gasteiger partial charge in [0.25, 0.3) is 0 Å². The van der Waals surface area contributed by atoms with Gasteiger partial charge in [-0.25, -0.2) is 0 Å². The van der Waals surface area contributed by atoms with Gasteiger partial charge in [-0.3, -0.25) is 0 Å². The zero-order valence-corrected chi connectivity index (χ0v) is 39.1. The van der Waals surface area contributed by atoms with E-state index in [-0.39, 0.29) is 6.10 Å². The molecule has 0 saturated heterocycles. The van der Waals surface area contributed by atoms with E-state index in [4.69, 9.17) is 0 Å². The van der Waals surface area contributed by atoms with E-state index in [1.54, 1.807) is 0 Å². The Kier molecular flexibility index (Phi) is 49.1. The monoisotopic (exact) mass is 791 g/mol. The molecule has 0 saturated carbocycles. The largest absolute Gasteiger partial charge is 0.393 e. The van der Waals surface area contributed by atoms with Crippen LogP contribution in [0.5, 0.6) is 0 Å². The Hall–Kier alpha value is -1.60. The molecule has 1 atom stereocenters. The Balaban J connectivity index is 4.25. The predicted molar refractivity (Wildman–Crippen MR) is 261 cm³/mol. The van der Waals surface area contributed by atoms with Crippen molar-refractivity contribution in [2.75, 3.05) is 0 Å². The maximum Gasteiger partial charge on any atom is 0.0568 e. The summed E-state index contributed by atoms with van der Waals surface area (Å²) < 4.78 is 0. The second-order valence-electron chi connectivity index (χ2n) is 17.4. The lowest BCUT2D eigenvalue weighted by Gasteiger charge is -2.23. The van der Waals surface area contributed by atoms with Gasteiger partial charge < -0.3 is 5.11 Å². The zero-order valence-electron chi connectivity index (χ0n) is 39.1. The summed E-state index contributed by atoms with van der Waals surface area (Å²) in [5, 5.41) is 11.3. The van der Waals surface area contributed by atoms with Crippen molar-refractivity contribution in [1.29, 1.82) is 0 Å². The van der Waals surface area contributed by atoms with E-state index in [9.17, 15) is 5.11 Å². The van der Waals surface area contributed by atoms with Crippen LogP contribution in [0.4, 0.5) is 0 Å². The van der Waals surface area contributed by atoms with Crippen LogP contribution in [0.15, 0.2) is 72.9 Å². The number of unbranched alkanes of at least 4 members (excludes halogenated alkanes) is 27. The molecule has 1 heteroatoms. The fourth-order valence-electron chi connectivity index (χ4n) is 7.90. The summed E-state index contributed by atoms with van der Waals surface area (Å²) in [5.74, 6) is 0.514. The molecular formula is C56H102O. The van der Waals surface area contributed by atoms with Crippen LogP contribution >= 0.6 is 0 Å². The van der Waals surface area contributed by atoms with Crippen molar-refractivity contribution < 1.29 is 5.11 Å². The third-order valence-electron chi connectivity index (χ3n) is 11.8. The van der Waals surface area contributed by atoms with Crippen molar-refractivity contribution in [3.63, 3.8) is 0 Å². The molecule has 0 fully saturated rings. The molecule has 0 bridgehead atoms. The first-order valence-corrected chi connectivity index (χ1v) is 25.8. The van der Waals surface area contributed by atoms with Crippen LogP contribution in [0.2, 0.25) is 0 Å². The Labute approximate surface area is 359 Å². The minimum atomic E-state index is -0.0909. The van der Waals surface area contributed by atoms with E-state index in [1.165, 1.54) is 225 Å². The van der Waals surface area contributed by atoms with Crippen LogP contribution in [0, 0.1) is 5.92 Å². The first-order chi connectivity index (χ1) is 28.3. The summed E-state index contributed by atoms with van der Waals surface area (Å²) in [6.07, 6.45) is 78.5. The summed E-state index contributed by atoms with van der Waals surface area (Å²) in [6.45, 7) is 6.82. The average Bonchev–Trinajstić information content (AvgIpc) is 3.22. The number of hydrogen-bond acceptors (Lipinski definition) is 1. The number of rotatable bonds is 46. The van der Waals surface area contributed by atoms with Crippen molar-refractivity contribution in [3.8, 4) is 0 Å². The minimum absolute atomic E-state index is 0.0909. The molecule has 0 rings (SSSR count). The van der Waals surface area contributed by atoms with Gasteiger partial charge in [-0.1, -0.05) is 229 Å². The summed E-state index contributed by atoms with van der Waals surface area (Å²) in [4.78, 5) is 0. The van der Waals surface area contributed by atoms with Crippen molar-refractivity contribution in [2.45, 2.75) is 277 Å². The van der Waals surface area contributed by atoms with E-state index >= 15 is 0 Å². The second-order valence-corrected chi connectivity index (χ2v) is 17.4. The quantitative estimate of drug-likeness (QED) is 0.0481. The first-order valence-electron chi connectivity index (χ1n) is 25.8. The minimum Gasteiger partial charge on any atom is -0.393 e. The van der Waals surface area contributed by atoms with Crippen molar-refractivity contribution in [2.24, 2.45) is 5.92 Å². The molecule has 0 aliphatic heterocycles. The molecule has 0 spiro atoms. The van der Waals surface area contributed by atoms with E-state index in [0.29, 0.717) is 5.92 Å². The molecule has 0 amide bonds. The van der Waals surface area contributed by atoms with E-state index in [2.05, 4.69) is 93.7 Å². The van der Waals surface area contributed by atoms with Crippen LogP contribution in [0.25, 0.3) is 0 Å². The Morgan fingerprint density at radius 2 is 0.491 bits per heavy atom. The fraction of sp³-hybridized carbons (Fsp3) is 0.786. The summed E-state index contributed by atoms with van der Waals surface area (Å²) in [5.41, 5.74) is 0. The van der Waals surface area contributed by atoms with Gasteiger partial charge in [-0.2, -0.15) is 0 Å². The van der Waals surface area contributed by atoms with Crippen LogP contribution in [0.3, 0.4) is 0 Å². The molecule has 0 aromatic heterocycles. The summed E-state index contributed by atoms with van der Waals surface area (Å²) >= 11 is 0. The Morgan fingerprint density at radius 3 is 0.772 bits per heavy atom. The van der Waals surface area contributed by atoms with Crippen LogP contribution < -0.4 is 0 Å². The number of hydrogen-bond donors (Lipinski definition) is 1. The van der Waals surface area contributed by atoms with Crippen LogP contribution in [0.1, 0.15) is 271 Å². The van der Waals surface area contributed by atoms with Gasteiger partial charge >= 0.3 is 0 Å². The van der Waals surface area contributed by atoms with E-state index < -0.39 is 0 Å². The van der Waals surface area contributed by atoms with Gasteiger partial charge in [0.1, 0.15) is 0 Å². The summed E-state index contributed by atoms with van der Waals surface area (Å²) in [6, 6.07) is 0. The maximum atomic E-state index is 11.3. The molecule has 0 radical (unpaired) electrons. The third-order valence-corrected chi connectivity index (χ3v) is 11.8. The molecule has 332 valence electrons. The molecule has 0 aliphatic rings. The molecular weight excluding hydrogens is 689 g/mol. The van der Waals surface area contributed by atoms with Crippen LogP contribution in [-0.4, -0.2) is 11.2 Å². The van der Waals surface area contributed by atoms with E-state index in [0.717, 1.165) is 25.7 Å². The lowest BCUT2D eigenvalue weighted by atomic mass is 9.87. The highest BCUT2D eigenvalue weighted by atomic mass is 16.3. The number of aliphatic hydroxyl groups excluding tert-OH is 1. The van der Waals surface area contributed by atoms with Gasteiger partial charge in [0.2, 0.25) is 0 Å². The number of allylic oxidation sites excluding steroid dienone is 12. The molecule has 0 aliphatic carbocycles. The van der Waals surface area contributed by atoms with Crippen molar-refractivity contribution in [1.82, 2.24) is 0 Å². The van der Waals surface area contributed by atoms with Gasteiger partial charge in [0.05, 0.1) is 6.10 Å². The van der Waals surface area contributed by atoms with E-state index in [1.807, 2.05) is 0 Å². The molecule has 1 N–H and O–H groups in total. The summed E-state index contributed by atoms with van der Waals surface area (Å²) in [7, 11) is 0. The lowest BCUT2D eigenvalue weighted by Crippen LogP contribution is -2.20. The Bertz CT molecular complexity index is 870. The van der Waals surface area contributed by atoms with Crippen LogP contribution in [-0.2, 0) is 0 Å². The molecule has 0 aromatic rings. The fourth-order valence-corrected chi connectivity index (χ4v) is 7.90. The van der Waals surface area contributed by atoms with Gasteiger partial charge in [0, 0.05) is 0 Å². The predicted octanol–water partition coefficient (Wildman–Crippen LogP) is 19.6. The molecule has 1 unspecified atom stereocenters. The molecule has 57 heavy (non-hydrogen) atoms. The number of aliphatic hydroxyl groups is 1. The third kappa shape index (κ3) is 47.0. The lowest BCUT2D eigenvalue weighted by molar-refractivity contribution is 0.0829. The average molecular weight is 791 g/mol. The molecule has 0 aromatic carbocycles. The topological polar surface area (TPSA) is 20.2 Å². The first kappa shape index (κ1) is 55.4. The normalized spacial score (nSPS) is 13.2. The van der Waals surface area contributed by atoms with Gasteiger partial charge in [0.15, 0.2) is 0 Å². The second kappa shape index (κ2) is 50.5. The van der Waals surface area contributed by atoms with Gasteiger partial charge in [-0.15, -0.1) is 0 Å². The zero-order chi connectivity index (χ0) is 41.2. The standard InChI is InChI=1S/C56H102O/c1-4-7-10-13-16-19-22-25-28-31-34-37-40-43-46-49-52-55(53-50-47-44-41-38-35-32-29-26-23-20-17-14-11-8-5-2)56(57)54-51-48-45-42-39-36-33-30-27-24-21-18-15-12-9-6-3/h16-21,25-30,55-57H,4-15,22-24,31-54H2,1-3H3/b19-16-,20-17-,21-18-,28-25-,29-26-,30-27-. The molecule has 1 nitrogen and oxygen atoms in total. The van der Waals surface area contributed by atoms with Crippen molar-refractivity contribution >= 4 is 0 Å². The smallest absolute Gasteiger partial charge is 0.0568 e. The maximum absolute atomic E-state index is 11.3. The Morgan fingerprint density at radius 1 is 0.263 bits per heavy atom. The SMILES string of the molecule is CCCCC/C=C\C/C=C\CCCCCCCCC(O)C(CCCCCCCC/C=C\C/C=C\CCCCC)CCCCCCCC/C=C\C/C=C\CCCCC.